The third-order valence-electron chi connectivity index (χ3n) is 4.37. The molecule has 0 aromatic carbocycles. The van der Waals surface area contributed by atoms with Crippen molar-refractivity contribution in [2.45, 2.75) is 19.3 Å². The van der Waals surface area contributed by atoms with Crippen LogP contribution < -0.4 is 0 Å². The van der Waals surface area contributed by atoms with E-state index in [-0.39, 0.29) is 24.4 Å². The third-order valence-corrected chi connectivity index (χ3v) is 4.37. The minimum atomic E-state index is -0.164. The molecule has 6 nitrogen and oxygen atoms in total. The standard InChI is InChI=1S/C14H24N2O4/c1-20-14(19)12-3-6-16(7-4-12)13(18)9-15-5-2-11(8-15)10-17/h11-12,17H,2-10H2,1H3. The molecule has 20 heavy (non-hydrogen) atoms. The summed E-state index contributed by atoms with van der Waals surface area (Å²) in [5.41, 5.74) is 0. The van der Waals surface area contributed by atoms with Gasteiger partial charge in [-0.3, -0.25) is 14.5 Å². The molecule has 1 amide bonds. The number of methoxy groups -OCH3 is 1. The molecule has 0 saturated carbocycles. The van der Waals surface area contributed by atoms with Crippen LogP contribution in [0.4, 0.5) is 0 Å². The minimum Gasteiger partial charge on any atom is -0.469 e. The average Bonchev–Trinajstić information content (AvgIpc) is 2.94. The number of aliphatic hydroxyl groups is 1. The van der Waals surface area contributed by atoms with Gasteiger partial charge >= 0.3 is 5.97 Å². The van der Waals surface area contributed by atoms with E-state index in [4.69, 9.17) is 9.84 Å². The normalized spacial score (nSPS) is 24.9. The summed E-state index contributed by atoms with van der Waals surface area (Å²) in [6.07, 6.45) is 2.35. The highest BCUT2D eigenvalue weighted by Gasteiger charge is 2.30. The number of nitrogens with zero attached hydrogens (tertiary/aromatic N) is 2. The zero-order valence-electron chi connectivity index (χ0n) is 12.1. The Morgan fingerprint density at radius 3 is 2.45 bits per heavy atom. The fourth-order valence-electron chi connectivity index (χ4n) is 3.03. The van der Waals surface area contributed by atoms with E-state index in [2.05, 4.69) is 4.90 Å². The first-order valence-electron chi connectivity index (χ1n) is 7.33. The lowest BCUT2D eigenvalue weighted by Crippen LogP contribution is -2.44. The van der Waals surface area contributed by atoms with Gasteiger partial charge in [-0.15, -0.1) is 0 Å². The van der Waals surface area contributed by atoms with Crippen LogP contribution in [-0.4, -0.2) is 73.2 Å². The Morgan fingerprint density at radius 2 is 1.90 bits per heavy atom. The number of hydrogen-bond acceptors (Lipinski definition) is 5. The Kier molecular flexibility index (Phi) is 5.37. The lowest BCUT2D eigenvalue weighted by molar-refractivity contribution is -0.149. The van der Waals surface area contributed by atoms with Gasteiger partial charge in [0.05, 0.1) is 19.6 Å². The highest BCUT2D eigenvalue weighted by molar-refractivity contribution is 5.79. The number of aliphatic hydroxyl groups excluding tert-OH is 1. The van der Waals surface area contributed by atoms with Crippen LogP contribution >= 0.6 is 0 Å². The molecule has 0 spiro atoms. The van der Waals surface area contributed by atoms with Crippen LogP contribution in [0.15, 0.2) is 0 Å². The molecule has 114 valence electrons. The van der Waals surface area contributed by atoms with E-state index in [1.54, 1.807) is 0 Å². The number of hydrogen-bond donors (Lipinski definition) is 1. The van der Waals surface area contributed by atoms with Crippen molar-refractivity contribution in [2.24, 2.45) is 11.8 Å². The van der Waals surface area contributed by atoms with Gasteiger partial charge in [0.2, 0.25) is 5.91 Å². The SMILES string of the molecule is COC(=O)C1CCN(C(=O)CN2CCC(CO)C2)CC1. The lowest BCUT2D eigenvalue weighted by Gasteiger charge is -2.31. The quantitative estimate of drug-likeness (QED) is 0.719. The molecule has 1 atom stereocenters. The largest absolute Gasteiger partial charge is 0.469 e. The van der Waals surface area contributed by atoms with Crippen LogP contribution in [-0.2, 0) is 14.3 Å². The van der Waals surface area contributed by atoms with E-state index in [0.717, 1.165) is 19.5 Å². The summed E-state index contributed by atoms with van der Waals surface area (Å²) in [7, 11) is 1.41. The molecule has 2 rings (SSSR count). The monoisotopic (exact) mass is 284 g/mol. The Hall–Kier alpha value is -1.14. The molecule has 2 aliphatic heterocycles. The number of piperidine rings is 1. The summed E-state index contributed by atoms with van der Waals surface area (Å²) in [6.45, 7) is 3.59. The number of amides is 1. The summed E-state index contributed by atoms with van der Waals surface area (Å²) in [4.78, 5) is 27.6. The summed E-state index contributed by atoms with van der Waals surface area (Å²) >= 11 is 0. The summed E-state index contributed by atoms with van der Waals surface area (Å²) in [6, 6.07) is 0. The van der Waals surface area contributed by atoms with Crippen molar-refractivity contribution in [3.05, 3.63) is 0 Å². The van der Waals surface area contributed by atoms with Crippen molar-refractivity contribution in [3.8, 4) is 0 Å². The van der Waals surface area contributed by atoms with Gasteiger partial charge in [0.25, 0.3) is 0 Å². The maximum absolute atomic E-state index is 12.2. The minimum absolute atomic E-state index is 0.0605. The first-order valence-corrected chi connectivity index (χ1v) is 7.33. The van der Waals surface area contributed by atoms with Gasteiger partial charge < -0.3 is 14.7 Å². The van der Waals surface area contributed by atoms with Gasteiger partial charge in [-0.1, -0.05) is 0 Å². The van der Waals surface area contributed by atoms with Crippen LogP contribution in [0, 0.1) is 11.8 Å². The summed E-state index contributed by atoms with van der Waals surface area (Å²) in [5, 5.41) is 9.11. The van der Waals surface area contributed by atoms with Crippen LogP contribution in [0.1, 0.15) is 19.3 Å². The molecule has 1 unspecified atom stereocenters. The van der Waals surface area contributed by atoms with Crippen molar-refractivity contribution in [1.82, 2.24) is 9.80 Å². The van der Waals surface area contributed by atoms with Crippen molar-refractivity contribution in [3.63, 3.8) is 0 Å². The van der Waals surface area contributed by atoms with Crippen molar-refractivity contribution < 1.29 is 19.4 Å². The number of carbonyl (C=O) groups is 2. The highest BCUT2D eigenvalue weighted by Crippen LogP contribution is 2.20. The van der Waals surface area contributed by atoms with Crippen LogP contribution in [0.5, 0.6) is 0 Å². The molecule has 1 N–H and O–H groups in total. The molecule has 6 heteroatoms. The number of likely N-dealkylation sites (tertiary alicyclic amines) is 2. The lowest BCUT2D eigenvalue weighted by atomic mass is 9.97. The molecule has 2 saturated heterocycles. The molecule has 0 radical (unpaired) electrons. The number of ether oxygens (including phenoxy) is 1. The molecule has 2 fully saturated rings. The zero-order chi connectivity index (χ0) is 14.5. The maximum Gasteiger partial charge on any atom is 0.308 e. The second-order valence-electron chi connectivity index (χ2n) is 5.75. The number of esters is 1. The second-order valence-corrected chi connectivity index (χ2v) is 5.75. The summed E-state index contributed by atoms with van der Waals surface area (Å²) < 4.78 is 4.74. The second kappa shape index (κ2) is 7.04. The fraction of sp³-hybridized carbons (Fsp3) is 0.857. The van der Waals surface area contributed by atoms with Gasteiger partial charge in [-0.2, -0.15) is 0 Å². The van der Waals surface area contributed by atoms with Crippen molar-refractivity contribution in [1.29, 1.82) is 0 Å². The van der Waals surface area contributed by atoms with Gasteiger partial charge in [-0.25, -0.2) is 0 Å². The zero-order valence-corrected chi connectivity index (χ0v) is 12.1. The van der Waals surface area contributed by atoms with Crippen molar-refractivity contribution >= 4 is 11.9 Å². The smallest absolute Gasteiger partial charge is 0.308 e. The van der Waals surface area contributed by atoms with E-state index < -0.39 is 0 Å². The van der Waals surface area contributed by atoms with E-state index in [9.17, 15) is 9.59 Å². The Morgan fingerprint density at radius 1 is 1.20 bits per heavy atom. The Balaban J connectivity index is 1.73. The molecule has 0 aliphatic carbocycles. The molecular weight excluding hydrogens is 260 g/mol. The van der Waals surface area contributed by atoms with E-state index in [1.165, 1.54) is 7.11 Å². The van der Waals surface area contributed by atoms with E-state index >= 15 is 0 Å². The Labute approximate surface area is 119 Å². The van der Waals surface area contributed by atoms with Gasteiger partial charge in [0.1, 0.15) is 0 Å². The van der Waals surface area contributed by atoms with E-state index in [1.807, 2.05) is 4.90 Å². The first-order chi connectivity index (χ1) is 9.63. The third kappa shape index (κ3) is 3.70. The average molecular weight is 284 g/mol. The number of carbonyl (C=O) groups excluding carboxylic acids is 2. The topological polar surface area (TPSA) is 70.1 Å². The molecule has 2 heterocycles. The highest BCUT2D eigenvalue weighted by atomic mass is 16.5. The van der Waals surface area contributed by atoms with Gasteiger partial charge in [0.15, 0.2) is 0 Å². The predicted molar refractivity (Wildman–Crippen MR) is 73.0 cm³/mol. The van der Waals surface area contributed by atoms with Gasteiger partial charge in [0, 0.05) is 26.2 Å². The van der Waals surface area contributed by atoms with E-state index in [0.29, 0.717) is 38.4 Å². The summed E-state index contributed by atoms with van der Waals surface area (Å²) in [5.74, 6) is 0.219. The van der Waals surface area contributed by atoms with Gasteiger partial charge in [-0.05, 0) is 31.7 Å². The predicted octanol–water partition coefficient (Wildman–Crippen LogP) is -0.288. The van der Waals surface area contributed by atoms with Crippen molar-refractivity contribution in [2.75, 3.05) is 46.4 Å². The van der Waals surface area contributed by atoms with Crippen LogP contribution in [0.2, 0.25) is 0 Å². The molecule has 0 bridgehead atoms. The number of rotatable bonds is 4. The Bertz CT molecular complexity index is 353. The fourth-order valence-corrected chi connectivity index (χ4v) is 3.03. The molecule has 2 aliphatic rings. The molecular formula is C14H24N2O4. The maximum atomic E-state index is 12.2. The first kappa shape index (κ1) is 15.3. The van der Waals surface area contributed by atoms with Crippen LogP contribution in [0.25, 0.3) is 0 Å². The van der Waals surface area contributed by atoms with Crippen LogP contribution in [0.3, 0.4) is 0 Å². The molecule has 0 aromatic rings. The molecule has 0 aromatic heterocycles.